The number of hydrogen-bond donors (Lipinski definition) is 0. The molecule has 0 aromatic heterocycles. The molecule has 0 N–H and O–H groups in total. The Morgan fingerprint density at radius 3 is 1.86 bits per heavy atom. The third-order valence-electron chi connectivity index (χ3n) is 4.77. The molecule has 0 heterocycles. The van der Waals surface area contributed by atoms with Crippen LogP contribution in [0.1, 0.15) is 28.4 Å². The van der Waals surface area contributed by atoms with Gasteiger partial charge in [-0.15, -0.1) is 5.10 Å². The lowest BCUT2D eigenvalue weighted by atomic mass is 10.0. The molecule has 0 radical (unpaired) electrons. The van der Waals surface area contributed by atoms with Gasteiger partial charge in [0.15, 0.2) is 0 Å². The Kier molecular flexibility index (Phi) is 5.39. The first-order valence-corrected chi connectivity index (χ1v) is 9.49. The molecule has 4 aromatic carbocycles. The summed E-state index contributed by atoms with van der Waals surface area (Å²) in [6.07, 6.45) is 0. The number of ketones is 1. The molecule has 3 heteroatoms. The second-order valence-electron chi connectivity index (χ2n) is 6.76. The van der Waals surface area contributed by atoms with Crippen molar-refractivity contribution in [2.45, 2.75) is 6.92 Å². The Hall–Kier alpha value is -3.85. The average molecular weight is 376 g/mol. The van der Waals surface area contributed by atoms with Gasteiger partial charge in [-0.1, -0.05) is 97.1 Å². The predicted octanol–water partition coefficient (Wildman–Crippen LogP) is 5.94. The second kappa shape index (κ2) is 8.44. The first-order chi connectivity index (χ1) is 14.2. The molecule has 0 bridgehead atoms. The fourth-order valence-electron chi connectivity index (χ4n) is 3.15. The summed E-state index contributed by atoms with van der Waals surface area (Å²) in [6, 6.07) is 33.0. The lowest BCUT2D eigenvalue weighted by Crippen LogP contribution is -2.15. The van der Waals surface area contributed by atoms with Crippen LogP contribution in [0.4, 0.5) is 0 Å². The molecule has 0 aliphatic carbocycles. The maximum Gasteiger partial charge on any atom is 0.213 e. The van der Waals surface area contributed by atoms with Crippen molar-refractivity contribution >= 4 is 28.0 Å². The maximum atomic E-state index is 13.1. The van der Waals surface area contributed by atoms with Gasteiger partial charge in [0.25, 0.3) is 0 Å². The van der Waals surface area contributed by atoms with E-state index in [0.717, 1.165) is 22.2 Å². The molecular formula is C26H20N2O. The van der Waals surface area contributed by atoms with E-state index in [2.05, 4.69) is 34.5 Å². The van der Waals surface area contributed by atoms with Crippen LogP contribution in [-0.2, 0) is 0 Å². The van der Waals surface area contributed by atoms with E-state index < -0.39 is 0 Å². The summed E-state index contributed by atoms with van der Waals surface area (Å²) in [5, 5.41) is 11.1. The molecule has 0 unspecified atom stereocenters. The smallest absolute Gasteiger partial charge is 0.213 e. The van der Waals surface area contributed by atoms with Gasteiger partial charge >= 0.3 is 0 Å². The number of hydrogen-bond acceptors (Lipinski definition) is 3. The molecule has 0 aliphatic rings. The van der Waals surface area contributed by atoms with Crippen LogP contribution in [-0.4, -0.2) is 17.2 Å². The number of rotatable bonds is 5. The highest BCUT2D eigenvalue weighted by Gasteiger charge is 2.16. The fraction of sp³-hybridized carbons (Fsp3) is 0.0385. The van der Waals surface area contributed by atoms with Gasteiger partial charge < -0.3 is 0 Å². The standard InChI is InChI=1S/C26H20N2O/c1-19(23-17-16-20-10-8-9-15-24(20)18-23)27-28-25(21-11-4-2-5-12-21)26(29)22-13-6-3-7-14-22/h2-18H,1H3/b27-19-,28-25-. The second-order valence-corrected chi connectivity index (χ2v) is 6.76. The van der Waals surface area contributed by atoms with Crippen LogP contribution in [0.3, 0.4) is 0 Å². The first-order valence-electron chi connectivity index (χ1n) is 9.49. The van der Waals surface area contributed by atoms with Crippen molar-refractivity contribution in [2.75, 3.05) is 0 Å². The molecule has 0 amide bonds. The lowest BCUT2D eigenvalue weighted by molar-refractivity contribution is 0.106. The van der Waals surface area contributed by atoms with Crippen LogP contribution in [0.2, 0.25) is 0 Å². The minimum atomic E-state index is -0.146. The molecule has 0 spiro atoms. The van der Waals surface area contributed by atoms with Gasteiger partial charge in [0.2, 0.25) is 5.78 Å². The van der Waals surface area contributed by atoms with Crippen molar-refractivity contribution in [3.63, 3.8) is 0 Å². The quantitative estimate of drug-likeness (QED) is 0.242. The maximum absolute atomic E-state index is 13.1. The van der Waals surface area contributed by atoms with Crippen LogP contribution in [0.15, 0.2) is 113 Å². The highest BCUT2D eigenvalue weighted by Crippen LogP contribution is 2.17. The van der Waals surface area contributed by atoms with Crippen molar-refractivity contribution in [3.8, 4) is 0 Å². The van der Waals surface area contributed by atoms with E-state index in [1.165, 1.54) is 5.39 Å². The molecule has 0 fully saturated rings. The number of carbonyl (C=O) groups is 1. The molecule has 3 nitrogen and oxygen atoms in total. The number of fused-ring (bicyclic) bond motifs is 1. The molecule has 4 rings (SSSR count). The Morgan fingerprint density at radius 2 is 1.17 bits per heavy atom. The Balaban J connectivity index is 1.74. The molecule has 29 heavy (non-hydrogen) atoms. The number of carbonyl (C=O) groups excluding carboxylic acids is 1. The Morgan fingerprint density at radius 1 is 0.586 bits per heavy atom. The molecule has 0 saturated carbocycles. The Bertz CT molecular complexity index is 1210. The van der Waals surface area contributed by atoms with Gasteiger partial charge in [0.05, 0.1) is 5.71 Å². The van der Waals surface area contributed by atoms with Gasteiger partial charge in [-0.3, -0.25) is 4.79 Å². The summed E-state index contributed by atoms with van der Waals surface area (Å²) >= 11 is 0. The minimum Gasteiger partial charge on any atom is -0.287 e. The topological polar surface area (TPSA) is 41.8 Å². The van der Waals surface area contributed by atoms with Crippen molar-refractivity contribution in [3.05, 3.63) is 120 Å². The van der Waals surface area contributed by atoms with Crippen molar-refractivity contribution in [2.24, 2.45) is 10.2 Å². The summed E-state index contributed by atoms with van der Waals surface area (Å²) in [7, 11) is 0. The fourth-order valence-corrected chi connectivity index (χ4v) is 3.15. The summed E-state index contributed by atoms with van der Waals surface area (Å²) < 4.78 is 0. The normalized spacial score (nSPS) is 12.2. The first kappa shape index (κ1) is 18.5. The predicted molar refractivity (Wildman–Crippen MR) is 120 cm³/mol. The van der Waals surface area contributed by atoms with Crippen LogP contribution in [0.5, 0.6) is 0 Å². The van der Waals surface area contributed by atoms with E-state index in [9.17, 15) is 4.79 Å². The van der Waals surface area contributed by atoms with E-state index in [1.807, 2.05) is 73.7 Å². The van der Waals surface area contributed by atoms with E-state index in [1.54, 1.807) is 12.1 Å². The van der Waals surface area contributed by atoms with Gasteiger partial charge in [0.1, 0.15) is 5.71 Å². The number of benzene rings is 4. The van der Waals surface area contributed by atoms with Crippen LogP contribution in [0, 0.1) is 0 Å². The molecule has 4 aromatic rings. The molecule has 0 saturated heterocycles. The molecule has 0 aliphatic heterocycles. The summed E-state index contributed by atoms with van der Waals surface area (Å²) in [5.74, 6) is -0.146. The van der Waals surface area contributed by atoms with Gasteiger partial charge in [-0.05, 0) is 29.3 Å². The zero-order valence-electron chi connectivity index (χ0n) is 16.1. The molecular weight excluding hydrogens is 356 g/mol. The summed E-state index contributed by atoms with van der Waals surface area (Å²) in [6.45, 7) is 1.91. The van der Waals surface area contributed by atoms with E-state index in [4.69, 9.17) is 0 Å². The SMILES string of the molecule is C/C(=N/N=C(\C(=O)c1ccccc1)c1ccccc1)c1ccc2ccccc2c1. The minimum absolute atomic E-state index is 0.146. The van der Waals surface area contributed by atoms with Gasteiger partial charge in [-0.25, -0.2) is 0 Å². The van der Waals surface area contributed by atoms with E-state index >= 15 is 0 Å². The lowest BCUT2D eigenvalue weighted by Gasteiger charge is -2.06. The van der Waals surface area contributed by atoms with Gasteiger partial charge in [0, 0.05) is 11.1 Å². The highest BCUT2D eigenvalue weighted by molar-refractivity contribution is 6.51. The van der Waals surface area contributed by atoms with Crippen LogP contribution in [0.25, 0.3) is 10.8 Å². The zero-order valence-corrected chi connectivity index (χ0v) is 16.1. The largest absolute Gasteiger partial charge is 0.287 e. The van der Waals surface area contributed by atoms with E-state index in [0.29, 0.717) is 11.3 Å². The van der Waals surface area contributed by atoms with Crippen molar-refractivity contribution in [1.82, 2.24) is 0 Å². The average Bonchev–Trinajstić information content (AvgIpc) is 2.80. The number of nitrogens with zero attached hydrogens (tertiary/aromatic N) is 2. The van der Waals surface area contributed by atoms with Crippen molar-refractivity contribution in [1.29, 1.82) is 0 Å². The highest BCUT2D eigenvalue weighted by atomic mass is 16.1. The molecule has 140 valence electrons. The van der Waals surface area contributed by atoms with Crippen LogP contribution >= 0.6 is 0 Å². The monoisotopic (exact) mass is 376 g/mol. The third kappa shape index (κ3) is 4.19. The number of Topliss-reactive ketones (excluding diaryl/α,β-unsaturated/α-hetero) is 1. The molecule has 0 atom stereocenters. The summed E-state index contributed by atoms with van der Waals surface area (Å²) in [5.41, 5.74) is 3.40. The van der Waals surface area contributed by atoms with Crippen molar-refractivity contribution < 1.29 is 4.79 Å². The third-order valence-corrected chi connectivity index (χ3v) is 4.77. The zero-order chi connectivity index (χ0) is 20.1. The van der Waals surface area contributed by atoms with Crippen LogP contribution < -0.4 is 0 Å². The van der Waals surface area contributed by atoms with Gasteiger partial charge in [-0.2, -0.15) is 5.10 Å². The Labute approximate surface area is 170 Å². The summed E-state index contributed by atoms with van der Waals surface area (Å²) in [4.78, 5) is 13.1. The van der Waals surface area contributed by atoms with E-state index in [-0.39, 0.29) is 5.78 Å².